The molecule has 1 aliphatic rings. The van der Waals surface area contributed by atoms with Crippen LogP contribution in [-0.4, -0.2) is 52.7 Å². The lowest BCUT2D eigenvalue weighted by molar-refractivity contribution is -0.132. The van der Waals surface area contributed by atoms with Crippen LogP contribution in [0.2, 0.25) is 0 Å². The van der Waals surface area contributed by atoms with Crippen LogP contribution < -0.4 is 10.6 Å². The third kappa shape index (κ3) is 3.65. The van der Waals surface area contributed by atoms with Crippen LogP contribution in [0.3, 0.4) is 0 Å². The van der Waals surface area contributed by atoms with Gasteiger partial charge in [0, 0.05) is 37.6 Å². The molecule has 1 aliphatic heterocycles. The summed E-state index contributed by atoms with van der Waals surface area (Å²) in [5, 5.41) is 4.35. The monoisotopic (exact) mass is 341 g/mol. The van der Waals surface area contributed by atoms with Gasteiger partial charge in [0.05, 0.1) is 11.3 Å². The van der Waals surface area contributed by atoms with Gasteiger partial charge in [-0.1, -0.05) is 12.1 Å². The van der Waals surface area contributed by atoms with E-state index in [1.165, 1.54) is 0 Å². The molecule has 0 bridgehead atoms. The Labute approximate surface area is 147 Å². The number of hydrogen-bond donors (Lipinski definition) is 1. The molecule has 132 valence electrons. The fourth-order valence-electron chi connectivity index (χ4n) is 3.22. The molecule has 0 radical (unpaired) electrons. The summed E-state index contributed by atoms with van der Waals surface area (Å²) in [6.45, 7) is 6.71. The summed E-state index contributed by atoms with van der Waals surface area (Å²) < 4.78 is 1.74. The number of primary amides is 1. The molecule has 3 rings (SSSR count). The summed E-state index contributed by atoms with van der Waals surface area (Å²) in [6.07, 6.45) is 0. The molecule has 0 unspecified atom stereocenters. The van der Waals surface area contributed by atoms with Crippen molar-refractivity contribution in [2.24, 2.45) is 5.73 Å². The molecule has 2 aromatic rings. The van der Waals surface area contributed by atoms with Crippen molar-refractivity contribution in [3.05, 3.63) is 47.3 Å². The van der Waals surface area contributed by atoms with Crippen molar-refractivity contribution in [1.82, 2.24) is 14.7 Å². The highest BCUT2D eigenvalue weighted by Gasteiger charge is 2.24. The van der Waals surface area contributed by atoms with Gasteiger partial charge in [-0.15, -0.1) is 0 Å². The average molecular weight is 341 g/mol. The van der Waals surface area contributed by atoms with E-state index in [1.807, 2.05) is 36.9 Å². The minimum absolute atomic E-state index is 0.0639. The number of aromatic nitrogens is 2. The van der Waals surface area contributed by atoms with Crippen LogP contribution in [0.25, 0.3) is 0 Å². The molecule has 2 N–H and O–H groups in total. The molecule has 0 atom stereocenters. The third-order valence-electron chi connectivity index (χ3n) is 4.53. The topological polar surface area (TPSA) is 84.5 Å². The summed E-state index contributed by atoms with van der Waals surface area (Å²) >= 11 is 0. The van der Waals surface area contributed by atoms with Crippen molar-refractivity contribution >= 4 is 17.5 Å². The van der Waals surface area contributed by atoms with Gasteiger partial charge in [0.15, 0.2) is 0 Å². The first kappa shape index (κ1) is 17.0. The first-order valence-electron chi connectivity index (χ1n) is 8.38. The van der Waals surface area contributed by atoms with Crippen molar-refractivity contribution in [1.29, 1.82) is 0 Å². The lowest BCUT2D eigenvalue weighted by atomic mass is 10.1. The number of nitrogens with two attached hydrogens (primary N) is 1. The van der Waals surface area contributed by atoms with Crippen LogP contribution in [0.5, 0.6) is 0 Å². The lowest BCUT2D eigenvalue weighted by Gasteiger charge is -2.36. The Hall–Kier alpha value is -2.83. The molecule has 0 saturated carbocycles. The Morgan fingerprint density at radius 3 is 2.40 bits per heavy atom. The molecule has 25 heavy (non-hydrogen) atoms. The van der Waals surface area contributed by atoms with E-state index in [0.717, 1.165) is 17.1 Å². The van der Waals surface area contributed by atoms with E-state index in [4.69, 9.17) is 5.73 Å². The maximum Gasteiger partial charge on any atom is 0.250 e. The second-order valence-corrected chi connectivity index (χ2v) is 6.33. The largest absolute Gasteiger partial charge is 0.367 e. The molecule has 0 spiro atoms. The van der Waals surface area contributed by atoms with Crippen molar-refractivity contribution in [2.45, 2.75) is 20.4 Å². The van der Waals surface area contributed by atoms with Gasteiger partial charge in [-0.05, 0) is 32.0 Å². The molecule has 7 heteroatoms. The maximum absolute atomic E-state index is 12.5. The standard InChI is InChI=1S/C18H23N5O2/c1-13-11-14(2)23(20-13)12-17(24)22-9-7-21(8-10-22)16-6-4-3-5-15(16)18(19)25/h3-6,11H,7-10,12H2,1-2H3,(H2,19,25). The Morgan fingerprint density at radius 1 is 1.12 bits per heavy atom. The summed E-state index contributed by atoms with van der Waals surface area (Å²) in [7, 11) is 0. The zero-order valence-corrected chi connectivity index (χ0v) is 14.6. The zero-order chi connectivity index (χ0) is 18.0. The molecular weight excluding hydrogens is 318 g/mol. The smallest absolute Gasteiger partial charge is 0.250 e. The molecule has 1 aromatic carbocycles. The number of nitrogens with zero attached hydrogens (tertiary/aromatic N) is 4. The van der Waals surface area contributed by atoms with E-state index < -0.39 is 5.91 Å². The molecule has 1 aromatic heterocycles. The van der Waals surface area contributed by atoms with E-state index in [2.05, 4.69) is 10.00 Å². The van der Waals surface area contributed by atoms with E-state index in [0.29, 0.717) is 31.7 Å². The zero-order valence-electron chi connectivity index (χ0n) is 14.6. The van der Waals surface area contributed by atoms with Gasteiger partial charge < -0.3 is 15.5 Å². The summed E-state index contributed by atoms with van der Waals surface area (Å²) in [5.74, 6) is -0.368. The SMILES string of the molecule is Cc1cc(C)n(CC(=O)N2CCN(c3ccccc3C(N)=O)CC2)n1. The molecule has 2 amide bonds. The highest BCUT2D eigenvalue weighted by atomic mass is 16.2. The number of hydrogen-bond acceptors (Lipinski definition) is 4. The first-order chi connectivity index (χ1) is 12.0. The molecule has 1 fully saturated rings. The number of para-hydroxylation sites is 1. The van der Waals surface area contributed by atoms with Crippen molar-refractivity contribution in [3.63, 3.8) is 0 Å². The van der Waals surface area contributed by atoms with E-state index in [-0.39, 0.29) is 12.5 Å². The Morgan fingerprint density at radius 2 is 1.80 bits per heavy atom. The minimum Gasteiger partial charge on any atom is -0.367 e. The predicted octanol–water partition coefficient (Wildman–Crippen LogP) is 0.948. The summed E-state index contributed by atoms with van der Waals surface area (Å²) in [5.41, 5.74) is 8.71. The quantitative estimate of drug-likeness (QED) is 0.897. The highest BCUT2D eigenvalue weighted by Crippen LogP contribution is 2.21. The van der Waals surface area contributed by atoms with Crippen LogP contribution in [0.15, 0.2) is 30.3 Å². The molecule has 0 aliphatic carbocycles. The Balaban J connectivity index is 1.63. The molecule has 7 nitrogen and oxygen atoms in total. The summed E-state index contributed by atoms with van der Waals surface area (Å²) in [6, 6.07) is 9.29. The van der Waals surface area contributed by atoms with Gasteiger partial charge in [-0.2, -0.15) is 5.10 Å². The fraction of sp³-hybridized carbons (Fsp3) is 0.389. The van der Waals surface area contributed by atoms with Crippen LogP contribution in [0, 0.1) is 13.8 Å². The van der Waals surface area contributed by atoms with Crippen LogP contribution >= 0.6 is 0 Å². The highest BCUT2D eigenvalue weighted by molar-refractivity contribution is 5.98. The van der Waals surface area contributed by atoms with E-state index >= 15 is 0 Å². The fourth-order valence-corrected chi connectivity index (χ4v) is 3.22. The normalized spacial score (nSPS) is 14.6. The van der Waals surface area contributed by atoms with Crippen molar-refractivity contribution < 1.29 is 9.59 Å². The number of carbonyl (C=O) groups is 2. The number of carbonyl (C=O) groups excluding carboxylic acids is 2. The van der Waals surface area contributed by atoms with E-state index in [9.17, 15) is 9.59 Å². The molecule has 2 heterocycles. The minimum atomic E-state index is -0.432. The van der Waals surface area contributed by atoms with Gasteiger partial charge in [0.1, 0.15) is 6.54 Å². The van der Waals surface area contributed by atoms with Gasteiger partial charge >= 0.3 is 0 Å². The molecular formula is C18H23N5O2. The first-order valence-corrected chi connectivity index (χ1v) is 8.38. The van der Waals surface area contributed by atoms with Crippen LogP contribution in [0.1, 0.15) is 21.7 Å². The number of amides is 2. The Bertz CT molecular complexity index is 791. The number of aryl methyl sites for hydroxylation is 2. The summed E-state index contributed by atoms with van der Waals surface area (Å²) in [4.78, 5) is 28.1. The van der Waals surface area contributed by atoms with Gasteiger partial charge in [-0.25, -0.2) is 0 Å². The number of anilines is 1. The lowest BCUT2D eigenvalue weighted by Crippen LogP contribution is -2.50. The average Bonchev–Trinajstić information content (AvgIpc) is 2.92. The second-order valence-electron chi connectivity index (χ2n) is 6.33. The van der Waals surface area contributed by atoms with Crippen LogP contribution in [-0.2, 0) is 11.3 Å². The van der Waals surface area contributed by atoms with Crippen LogP contribution in [0.4, 0.5) is 5.69 Å². The van der Waals surface area contributed by atoms with Crippen molar-refractivity contribution in [2.75, 3.05) is 31.1 Å². The number of benzene rings is 1. The van der Waals surface area contributed by atoms with Crippen molar-refractivity contribution in [3.8, 4) is 0 Å². The van der Waals surface area contributed by atoms with E-state index in [1.54, 1.807) is 16.8 Å². The Kier molecular flexibility index (Phi) is 4.74. The maximum atomic E-state index is 12.5. The number of rotatable bonds is 4. The second kappa shape index (κ2) is 6.96. The van der Waals surface area contributed by atoms with Gasteiger partial charge in [0.25, 0.3) is 5.91 Å². The molecule has 1 saturated heterocycles. The predicted molar refractivity (Wildman–Crippen MR) is 95.5 cm³/mol. The van der Waals surface area contributed by atoms with Gasteiger partial charge in [0.2, 0.25) is 5.91 Å². The van der Waals surface area contributed by atoms with Gasteiger partial charge in [-0.3, -0.25) is 14.3 Å². The number of piperazine rings is 1. The third-order valence-corrected chi connectivity index (χ3v) is 4.53.